The highest BCUT2D eigenvalue weighted by Gasteiger charge is 2.61. The topological polar surface area (TPSA) is 67.2 Å². The van der Waals surface area contributed by atoms with E-state index < -0.39 is 36.6 Å². The standard InChI is InChI=1S/C10H12F3N3O2/c1-16-3-2-7(15-16)8(17)14-6-4-9(18,5-6)10(11,12)13/h2-3,6,18H,4-5H2,1H3,(H,14,17). The number of nitrogens with one attached hydrogen (secondary N) is 1. The fourth-order valence-corrected chi connectivity index (χ4v) is 1.88. The first-order chi connectivity index (χ1) is 8.21. The first-order valence-corrected chi connectivity index (χ1v) is 5.31. The minimum Gasteiger partial charge on any atom is -0.380 e. The van der Waals surface area contributed by atoms with Crippen LogP contribution in [0, 0.1) is 0 Å². The molecular formula is C10H12F3N3O2. The van der Waals surface area contributed by atoms with Gasteiger partial charge in [-0.2, -0.15) is 18.3 Å². The molecule has 0 aliphatic heterocycles. The van der Waals surface area contributed by atoms with Gasteiger partial charge in [0.1, 0.15) is 5.69 Å². The van der Waals surface area contributed by atoms with Crippen molar-refractivity contribution in [2.75, 3.05) is 0 Å². The quantitative estimate of drug-likeness (QED) is 0.821. The van der Waals surface area contributed by atoms with Crippen LogP contribution in [0.5, 0.6) is 0 Å². The van der Waals surface area contributed by atoms with Gasteiger partial charge in [-0.3, -0.25) is 9.48 Å². The Labute approximate surface area is 101 Å². The molecule has 1 aromatic rings. The average Bonchev–Trinajstić information content (AvgIpc) is 2.60. The van der Waals surface area contributed by atoms with Crippen LogP contribution in [0.4, 0.5) is 13.2 Å². The molecule has 1 aliphatic rings. The van der Waals surface area contributed by atoms with Crippen molar-refractivity contribution in [2.45, 2.75) is 30.7 Å². The first-order valence-electron chi connectivity index (χ1n) is 5.31. The van der Waals surface area contributed by atoms with E-state index in [-0.39, 0.29) is 5.69 Å². The van der Waals surface area contributed by atoms with Crippen molar-refractivity contribution in [2.24, 2.45) is 7.05 Å². The Hall–Kier alpha value is -1.57. The Morgan fingerprint density at radius 1 is 1.61 bits per heavy atom. The van der Waals surface area contributed by atoms with Crippen LogP contribution in [-0.4, -0.2) is 38.6 Å². The highest BCUT2D eigenvalue weighted by molar-refractivity contribution is 5.92. The van der Waals surface area contributed by atoms with Crippen LogP contribution in [0.2, 0.25) is 0 Å². The molecule has 100 valence electrons. The fourth-order valence-electron chi connectivity index (χ4n) is 1.88. The van der Waals surface area contributed by atoms with Crippen LogP contribution in [0.1, 0.15) is 23.3 Å². The number of halogens is 3. The molecule has 1 aliphatic carbocycles. The molecule has 0 atom stereocenters. The molecule has 5 nitrogen and oxygen atoms in total. The van der Waals surface area contributed by atoms with Gasteiger partial charge in [-0.15, -0.1) is 0 Å². The Morgan fingerprint density at radius 3 is 2.67 bits per heavy atom. The summed E-state index contributed by atoms with van der Waals surface area (Å²) in [5, 5.41) is 15.4. The number of alkyl halides is 3. The maximum Gasteiger partial charge on any atom is 0.417 e. The average molecular weight is 263 g/mol. The number of rotatable bonds is 2. The maximum atomic E-state index is 12.3. The minimum atomic E-state index is -4.65. The molecule has 0 aromatic carbocycles. The van der Waals surface area contributed by atoms with Crippen LogP contribution >= 0.6 is 0 Å². The summed E-state index contributed by atoms with van der Waals surface area (Å²) in [6, 6.07) is 0.787. The van der Waals surface area contributed by atoms with E-state index in [1.54, 1.807) is 13.2 Å². The molecule has 8 heteroatoms. The number of carbonyl (C=O) groups is 1. The zero-order valence-electron chi connectivity index (χ0n) is 9.53. The predicted octanol–water partition coefficient (Wildman–Crippen LogP) is 0.606. The lowest BCUT2D eigenvalue weighted by atomic mass is 9.75. The van der Waals surface area contributed by atoms with E-state index in [9.17, 15) is 23.1 Å². The third-order valence-electron chi connectivity index (χ3n) is 2.98. The summed E-state index contributed by atoms with van der Waals surface area (Å²) in [6.45, 7) is 0. The van der Waals surface area contributed by atoms with Gasteiger partial charge in [0.15, 0.2) is 5.60 Å². The molecule has 0 radical (unpaired) electrons. The van der Waals surface area contributed by atoms with Gasteiger partial charge in [0, 0.05) is 32.1 Å². The van der Waals surface area contributed by atoms with E-state index in [0.29, 0.717) is 0 Å². The number of aromatic nitrogens is 2. The first kappa shape index (κ1) is 12.9. The zero-order chi connectivity index (χ0) is 13.6. The van der Waals surface area contributed by atoms with Gasteiger partial charge in [-0.25, -0.2) is 0 Å². The van der Waals surface area contributed by atoms with Gasteiger partial charge in [0.25, 0.3) is 5.91 Å². The van der Waals surface area contributed by atoms with Gasteiger partial charge in [0.2, 0.25) is 0 Å². The highest BCUT2D eigenvalue weighted by atomic mass is 19.4. The van der Waals surface area contributed by atoms with Crippen LogP contribution < -0.4 is 5.32 Å². The summed E-state index contributed by atoms with van der Waals surface area (Å²) >= 11 is 0. The summed E-state index contributed by atoms with van der Waals surface area (Å²) in [7, 11) is 1.63. The number of aliphatic hydroxyl groups is 1. The molecule has 0 saturated heterocycles. The molecule has 0 bridgehead atoms. The van der Waals surface area contributed by atoms with Gasteiger partial charge in [0.05, 0.1) is 0 Å². The second-order valence-corrected chi connectivity index (χ2v) is 4.48. The molecule has 1 fully saturated rings. The maximum absolute atomic E-state index is 12.3. The second kappa shape index (κ2) is 3.98. The third-order valence-corrected chi connectivity index (χ3v) is 2.98. The van der Waals surface area contributed by atoms with E-state index in [1.165, 1.54) is 10.7 Å². The SMILES string of the molecule is Cn1ccc(C(=O)NC2CC(O)(C(F)(F)F)C2)n1. The predicted molar refractivity (Wildman–Crippen MR) is 54.7 cm³/mol. The van der Waals surface area contributed by atoms with Gasteiger partial charge in [-0.1, -0.05) is 0 Å². The number of carbonyl (C=O) groups excluding carboxylic acids is 1. The molecule has 0 unspecified atom stereocenters. The van der Waals surface area contributed by atoms with E-state index in [2.05, 4.69) is 10.4 Å². The smallest absolute Gasteiger partial charge is 0.380 e. The van der Waals surface area contributed by atoms with E-state index in [1.807, 2.05) is 0 Å². The van der Waals surface area contributed by atoms with Crippen molar-refractivity contribution in [1.82, 2.24) is 15.1 Å². The highest BCUT2D eigenvalue weighted by Crippen LogP contribution is 2.45. The monoisotopic (exact) mass is 263 g/mol. The molecule has 2 rings (SSSR count). The molecule has 1 aromatic heterocycles. The second-order valence-electron chi connectivity index (χ2n) is 4.48. The van der Waals surface area contributed by atoms with Crippen LogP contribution in [-0.2, 0) is 7.05 Å². The normalized spacial score (nSPS) is 27.7. The van der Waals surface area contributed by atoms with Crippen LogP contribution in [0.15, 0.2) is 12.3 Å². The number of nitrogens with zero attached hydrogens (tertiary/aromatic N) is 2. The molecular weight excluding hydrogens is 251 g/mol. The Bertz CT molecular complexity index is 463. The minimum absolute atomic E-state index is 0.139. The summed E-state index contributed by atoms with van der Waals surface area (Å²) in [5.41, 5.74) is -2.53. The van der Waals surface area contributed by atoms with Crippen molar-refractivity contribution in [3.8, 4) is 0 Å². The summed E-state index contributed by atoms with van der Waals surface area (Å²) < 4.78 is 38.4. The van der Waals surface area contributed by atoms with Crippen molar-refractivity contribution < 1.29 is 23.1 Å². The van der Waals surface area contributed by atoms with Crippen LogP contribution in [0.25, 0.3) is 0 Å². The van der Waals surface area contributed by atoms with Gasteiger partial charge < -0.3 is 10.4 Å². The molecule has 1 amide bonds. The number of hydrogen-bond donors (Lipinski definition) is 2. The molecule has 18 heavy (non-hydrogen) atoms. The molecule has 2 N–H and O–H groups in total. The molecule has 0 spiro atoms. The van der Waals surface area contributed by atoms with Crippen molar-refractivity contribution in [1.29, 1.82) is 0 Å². The summed E-state index contributed by atoms with van der Waals surface area (Å²) in [4.78, 5) is 11.6. The van der Waals surface area contributed by atoms with Gasteiger partial charge in [-0.05, 0) is 6.07 Å². The summed E-state index contributed by atoms with van der Waals surface area (Å²) in [6.07, 6.45) is -4.13. The molecule has 1 heterocycles. The Morgan fingerprint density at radius 2 is 2.22 bits per heavy atom. The van der Waals surface area contributed by atoms with Crippen LogP contribution in [0.3, 0.4) is 0 Å². The Kier molecular flexibility index (Phi) is 2.84. The Balaban J connectivity index is 1.89. The zero-order valence-corrected chi connectivity index (χ0v) is 9.53. The largest absolute Gasteiger partial charge is 0.417 e. The lowest BCUT2D eigenvalue weighted by Gasteiger charge is -2.44. The number of hydrogen-bond acceptors (Lipinski definition) is 3. The van der Waals surface area contributed by atoms with E-state index in [0.717, 1.165) is 0 Å². The van der Waals surface area contributed by atoms with Crippen molar-refractivity contribution in [3.63, 3.8) is 0 Å². The summed E-state index contributed by atoms with van der Waals surface area (Å²) in [5.74, 6) is -0.537. The number of aryl methyl sites for hydroxylation is 1. The van der Waals surface area contributed by atoms with Gasteiger partial charge >= 0.3 is 6.18 Å². The lowest BCUT2D eigenvalue weighted by molar-refractivity contribution is -0.291. The number of amides is 1. The van der Waals surface area contributed by atoms with Crippen molar-refractivity contribution >= 4 is 5.91 Å². The van der Waals surface area contributed by atoms with E-state index in [4.69, 9.17) is 0 Å². The third kappa shape index (κ3) is 2.20. The molecule has 1 saturated carbocycles. The van der Waals surface area contributed by atoms with Crippen molar-refractivity contribution in [3.05, 3.63) is 18.0 Å². The lowest BCUT2D eigenvalue weighted by Crippen LogP contribution is -2.62. The fraction of sp³-hybridized carbons (Fsp3) is 0.600. The van der Waals surface area contributed by atoms with E-state index >= 15 is 0 Å².